The zero-order chi connectivity index (χ0) is 24.3. The third-order valence-electron chi connectivity index (χ3n) is 4.45. The van der Waals surface area contributed by atoms with Gasteiger partial charge in [0.05, 0.1) is 24.1 Å². The molecule has 0 aliphatic heterocycles. The topological polar surface area (TPSA) is 97.2 Å². The van der Waals surface area contributed by atoms with Gasteiger partial charge in [-0.2, -0.15) is 5.10 Å². The van der Waals surface area contributed by atoms with Gasteiger partial charge in [0.25, 0.3) is 0 Å². The number of nitrogens with one attached hydrogen (secondary N) is 1. The Hall–Kier alpha value is -3.49. The van der Waals surface area contributed by atoms with Crippen LogP contribution in [-0.4, -0.2) is 35.6 Å². The lowest BCUT2D eigenvalue weighted by atomic mass is 10.1. The number of hydrazone groups is 1. The maximum absolute atomic E-state index is 12.0. The van der Waals surface area contributed by atoms with Crippen LogP contribution in [0.5, 0.6) is 11.5 Å². The van der Waals surface area contributed by atoms with Crippen molar-refractivity contribution >= 4 is 41.5 Å². The van der Waals surface area contributed by atoms with E-state index in [1.807, 2.05) is 19.1 Å². The van der Waals surface area contributed by atoms with Crippen LogP contribution < -0.4 is 14.9 Å². The minimum absolute atomic E-state index is 0.220. The Labute approximate surface area is 206 Å². The first-order valence-electron chi connectivity index (χ1n) is 10.4. The van der Waals surface area contributed by atoms with Crippen molar-refractivity contribution < 1.29 is 24.2 Å². The van der Waals surface area contributed by atoms with Crippen LogP contribution in [0.25, 0.3) is 0 Å². The van der Waals surface area contributed by atoms with Crippen LogP contribution in [0, 0.1) is 0 Å². The van der Waals surface area contributed by atoms with Crippen molar-refractivity contribution in [2.45, 2.75) is 18.4 Å². The number of rotatable bonds is 11. The number of aromatic carboxylic acids is 1. The molecule has 0 aliphatic rings. The number of hydrogen-bond donors (Lipinski definition) is 2. The molecule has 0 saturated carbocycles. The number of ether oxygens (including phenoxy) is 2. The summed E-state index contributed by atoms with van der Waals surface area (Å²) in [5, 5.41) is 13.7. The van der Waals surface area contributed by atoms with Gasteiger partial charge in [-0.3, -0.25) is 4.79 Å². The number of thioether (sulfide) groups is 1. The van der Waals surface area contributed by atoms with E-state index in [0.29, 0.717) is 23.1 Å². The average Bonchev–Trinajstić information content (AvgIpc) is 2.83. The monoisotopic (exact) mass is 498 g/mol. The molecule has 0 heterocycles. The second-order valence-corrected chi connectivity index (χ2v) is 8.45. The van der Waals surface area contributed by atoms with E-state index in [0.717, 1.165) is 16.0 Å². The third-order valence-corrected chi connectivity index (χ3v) is 5.71. The summed E-state index contributed by atoms with van der Waals surface area (Å²) in [5.74, 6) is 0.113. The van der Waals surface area contributed by atoms with E-state index in [1.54, 1.807) is 42.5 Å². The minimum atomic E-state index is -0.972. The Morgan fingerprint density at radius 3 is 2.44 bits per heavy atom. The van der Waals surface area contributed by atoms with Crippen molar-refractivity contribution in [3.63, 3.8) is 0 Å². The van der Waals surface area contributed by atoms with Crippen LogP contribution in [0.3, 0.4) is 0 Å². The standard InChI is InChI=1S/C25H23ClN2O5S/c1-2-32-23-13-18(14-27-28-24(29)16-34-21-10-8-20(26)9-11-21)5-12-22(23)33-15-17-3-6-19(7-4-17)25(30)31/h3-14H,2,15-16H2,1H3,(H,28,29)(H,30,31)/b27-14-. The highest BCUT2D eigenvalue weighted by atomic mass is 35.5. The molecular formula is C25H23ClN2O5S. The zero-order valence-corrected chi connectivity index (χ0v) is 19.9. The summed E-state index contributed by atoms with van der Waals surface area (Å²) in [6, 6.07) is 19.1. The van der Waals surface area contributed by atoms with Gasteiger partial charge in [-0.25, -0.2) is 10.2 Å². The molecule has 176 valence electrons. The largest absolute Gasteiger partial charge is 0.490 e. The quantitative estimate of drug-likeness (QED) is 0.213. The lowest BCUT2D eigenvalue weighted by Gasteiger charge is -2.12. The Kier molecular flexibility index (Phi) is 9.37. The number of hydrogen-bond acceptors (Lipinski definition) is 6. The maximum atomic E-state index is 12.0. The number of amides is 1. The maximum Gasteiger partial charge on any atom is 0.335 e. The van der Waals surface area contributed by atoms with Gasteiger partial charge in [-0.05, 0) is 72.6 Å². The first-order valence-corrected chi connectivity index (χ1v) is 11.7. The molecule has 3 aromatic carbocycles. The van der Waals surface area contributed by atoms with E-state index < -0.39 is 5.97 Å². The summed E-state index contributed by atoms with van der Waals surface area (Å²) in [7, 11) is 0. The highest BCUT2D eigenvalue weighted by Gasteiger charge is 2.08. The predicted octanol–water partition coefficient (Wildman–Crippen LogP) is 5.26. The van der Waals surface area contributed by atoms with Crippen molar-refractivity contribution in [2.24, 2.45) is 5.10 Å². The second kappa shape index (κ2) is 12.7. The van der Waals surface area contributed by atoms with E-state index in [-0.39, 0.29) is 23.8 Å². The van der Waals surface area contributed by atoms with Gasteiger partial charge in [-0.15, -0.1) is 11.8 Å². The van der Waals surface area contributed by atoms with Crippen molar-refractivity contribution in [1.82, 2.24) is 5.43 Å². The smallest absolute Gasteiger partial charge is 0.335 e. The van der Waals surface area contributed by atoms with Gasteiger partial charge in [-0.1, -0.05) is 23.7 Å². The summed E-state index contributed by atoms with van der Waals surface area (Å²) < 4.78 is 11.5. The molecule has 2 N–H and O–H groups in total. The number of carboxylic acids is 1. The van der Waals surface area contributed by atoms with Crippen molar-refractivity contribution in [1.29, 1.82) is 0 Å². The second-order valence-electron chi connectivity index (χ2n) is 6.97. The van der Waals surface area contributed by atoms with E-state index in [2.05, 4.69) is 10.5 Å². The molecular weight excluding hydrogens is 476 g/mol. The van der Waals surface area contributed by atoms with Gasteiger partial charge >= 0.3 is 5.97 Å². The first kappa shape index (κ1) is 25.1. The molecule has 0 bridgehead atoms. The fourth-order valence-corrected chi connectivity index (χ4v) is 3.60. The molecule has 0 unspecified atom stereocenters. The number of nitrogens with zero attached hydrogens (tertiary/aromatic N) is 1. The van der Waals surface area contributed by atoms with Crippen LogP contribution in [0.1, 0.15) is 28.4 Å². The van der Waals surface area contributed by atoms with Gasteiger partial charge in [0.1, 0.15) is 6.61 Å². The number of benzene rings is 3. The Morgan fingerprint density at radius 2 is 1.76 bits per heavy atom. The highest BCUT2D eigenvalue weighted by molar-refractivity contribution is 8.00. The molecule has 0 spiro atoms. The summed E-state index contributed by atoms with van der Waals surface area (Å²) in [5.41, 5.74) is 4.29. The fraction of sp³-hybridized carbons (Fsp3) is 0.160. The molecule has 0 saturated heterocycles. The number of carboxylic acid groups (broad SMARTS) is 1. The van der Waals surface area contributed by atoms with Crippen molar-refractivity contribution in [2.75, 3.05) is 12.4 Å². The van der Waals surface area contributed by atoms with Crippen molar-refractivity contribution in [3.05, 3.63) is 88.4 Å². The molecule has 3 aromatic rings. The Balaban J connectivity index is 1.54. The third kappa shape index (κ3) is 7.83. The van der Waals surface area contributed by atoms with Crippen LogP contribution >= 0.6 is 23.4 Å². The Morgan fingerprint density at radius 1 is 1.03 bits per heavy atom. The normalized spacial score (nSPS) is 10.8. The number of carbonyl (C=O) groups excluding carboxylic acids is 1. The van der Waals surface area contributed by atoms with Crippen LogP contribution in [-0.2, 0) is 11.4 Å². The predicted molar refractivity (Wildman–Crippen MR) is 133 cm³/mol. The van der Waals surface area contributed by atoms with E-state index >= 15 is 0 Å². The molecule has 0 aliphatic carbocycles. The molecule has 7 nitrogen and oxygen atoms in total. The molecule has 3 rings (SSSR count). The molecule has 0 aromatic heterocycles. The van der Waals surface area contributed by atoms with E-state index in [1.165, 1.54) is 30.1 Å². The lowest BCUT2D eigenvalue weighted by molar-refractivity contribution is -0.118. The van der Waals surface area contributed by atoms with Crippen LogP contribution in [0.2, 0.25) is 5.02 Å². The van der Waals surface area contributed by atoms with Gasteiger partial charge in [0.15, 0.2) is 11.5 Å². The molecule has 0 fully saturated rings. The van der Waals surface area contributed by atoms with E-state index in [9.17, 15) is 9.59 Å². The molecule has 0 radical (unpaired) electrons. The first-order chi connectivity index (χ1) is 16.4. The van der Waals surface area contributed by atoms with Gasteiger partial charge in [0, 0.05) is 9.92 Å². The lowest BCUT2D eigenvalue weighted by Crippen LogP contribution is -2.19. The summed E-state index contributed by atoms with van der Waals surface area (Å²) >= 11 is 7.25. The minimum Gasteiger partial charge on any atom is -0.490 e. The van der Waals surface area contributed by atoms with Gasteiger partial charge < -0.3 is 14.6 Å². The summed E-state index contributed by atoms with van der Waals surface area (Å²) in [6.45, 7) is 2.57. The fourth-order valence-electron chi connectivity index (χ4n) is 2.79. The SMILES string of the molecule is CCOc1cc(/C=N\NC(=O)CSc2ccc(Cl)cc2)ccc1OCc1ccc(C(=O)O)cc1. The zero-order valence-electron chi connectivity index (χ0n) is 18.4. The van der Waals surface area contributed by atoms with Crippen molar-refractivity contribution in [3.8, 4) is 11.5 Å². The number of carbonyl (C=O) groups is 2. The van der Waals surface area contributed by atoms with Crippen LogP contribution in [0.4, 0.5) is 0 Å². The van der Waals surface area contributed by atoms with Gasteiger partial charge in [0.2, 0.25) is 5.91 Å². The summed E-state index contributed by atoms with van der Waals surface area (Å²) in [4.78, 5) is 23.9. The Bertz CT molecular complexity index is 1150. The molecule has 34 heavy (non-hydrogen) atoms. The van der Waals surface area contributed by atoms with Crippen LogP contribution in [0.15, 0.2) is 76.7 Å². The molecule has 0 atom stereocenters. The molecule has 1 amide bonds. The highest BCUT2D eigenvalue weighted by Crippen LogP contribution is 2.29. The summed E-state index contributed by atoms with van der Waals surface area (Å²) in [6.07, 6.45) is 1.53. The number of halogens is 1. The molecule has 9 heteroatoms. The van der Waals surface area contributed by atoms with E-state index in [4.69, 9.17) is 26.2 Å². The average molecular weight is 499 g/mol.